The van der Waals surface area contributed by atoms with Gasteiger partial charge < -0.3 is 5.32 Å². The van der Waals surface area contributed by atoms with E-state index in [1.807, 2.05) is 18.2 Å². The average molecular weight is 404 g/mol. The van der Waals surface area contributed by atoms with Crippen LogP contribution in [-0.4, -0.2) is 11.7 Å². The van der Waals surface area contributed by atoms with Crippen LogP contribution in [0.25, 0.3) is 0 Å². The maximum absolute atomic E-state index is 12.5. The molecule has 0 saturated heterocycles. The van der Waals surface area contributed by atoms with Gasteiger partial charge in [0.25, 0.3) is 0 Å². The first kappa shape index (κ1) is 17.9. The lowest BCUT2D eigenvalue weighted by Gasteiger charge is -2.08. The van der Waals surface area contributed by atoms with E-state index in [0.29, 0.717) is 11.4 Å². The van der Waals surface area contributed by atoms with Gasteiger partial charge in [0.2, 0.25) is 5.91 Å². The summed E-state index contributed by atoms with van der Waals surface area (Å²) in [5.41, 5.74) is 0.766. The molecule has 0 saturated carbocycles. The van der Waals surface area contributed by atoms with Crippen LogP contribution < -0.4 is 5.32 Å². The van der Waals surface area contributed by atoms with Crippen molar-refractivity contribution in [2.75, 3.05) is 11.1 Å². The highest BCUT2D eigenvalue weighted by Gasteiger charge is 2.29. The Morgan fingerprint density at radius 2 is 1.74 bits per heavy atom. The van der Waals surface area contributed by atoms with Gasteiger partial charge in [-0.2, -0.15) is 13.2 Å². The van der Waals surface area contributed by atoms with Gasteiger partial charge in [-0.25, -0.2) is 0 Å². The number of nitrogens with one attached hydrogen (secondary N) is 1. The molecule has 1 N–H and O–H groups in total. The first-order chi connectivity index (χ1) is 10.9. The monoisotopic (exact) mass is 403 g/mol. The number of amides is 1. The lowest BCUT2D eigenvalue weighted by atomic mass is 10.1. The van der Waals surface area contributed by atoms with Crippen molar-refractivity contribution in [1.82, 2.24) is 0 Å². The van der Waals surface area contributed by atoms with Crippen LogP contribution in [0.4, 0.5) is 18.9 Å². The Morgan fingerprint density at radius 1 is 1.09 bits per heavy atom. The van der Waals surface area contributed by atoms with Gasteiger partial charge in [0.05, 0.1) is 17.0 Å². The molecule has 0 aliphatic heterocycles. The summed E-state index contributed by atoms with van der Waals surface area (Å²) in [6, 6.07) is 12.2. The quantitative estimate of drug-likeness (QED) is 0.729. The summed E-state index contributed by atoms with van der Waals surface area (Å²) >= 11 is 4.68. The second-order valence-electron chi connectivity index (χ2n) is 4.72. The zero-order valence-electron chi connectivity index (χ0n) is 11.9. The Bertz CT molecular complexity index is 674. The summed E-state index contributed by atoms with van der Waals surface area (Å²) in [6.45, 7) is 0. The van der Waals surface area contributed by atoms with E-state index >= 15 is 0 Å². The van der Waals surface area contributed by atoms with E-state index in [9.17, 15) is 18.0 Å². The standard InChI is InChI=1S/C16H13BrF3NOS/c17-13-3-1-2-4-14(13)21-15(22)10-23-9-11-5-7-12(8-6-11)16(18,19)20/h1-8H,9-10H2,(H,21,22). The van der Waals surface area contributed by atoms with Crippen molar-refractivity contribution in [3.63, 3.8) is 0 Å². The molecule has 1 amide bonds. The van der Waals surface area contributed by atoms with Crippen LogP contribution in [0.3, 0.4) is 0 Å². The number of carbonyl (C=O) groups is 1. The molecule has 7 heteroatoms. The van der Waals surface area contributed by atoms with Crippen LogP contribution in [0.2, 0.25) is 0 Å². The summed E-state index contributed by atoms with van der Waals surface area (Å²) in [5.74, 6) is 0.540. The summed E-state index contributed by atoms with van der Waals surface area (Å²) in [6.07, 6.45) is -4.32. The zero-order valence-corrected chi connectivity index (χ0v) is 14.3. The van der Waals surface area contributed by atoms with Crippen LogP contribution >= 0.6 is 27.7 Å². The number of halogens is 4. The van der Waals surface area contributed by atoms with Crippen LogP contribution in [0.5, 0.6) is 0 Å². The predicted molar refractivity (Wildman–Crippen MR) is 90.4 cm³/mol. The third-order valence-electron chi connectivity index (χ3n) is 2.93. The molecule has 0 radical (unpaired) electrons. The van der Waals surface area contributed by atoms with E-state index in [2.05, 4.69) is 21.2 Å². The van der Waals surface area contributed by atoms with Crippen LogP contribution in [-0.2, 0) is 16.7 Å². The first-order valence-corrected chi connectivity index (χ1v) is 8.59. The molecule has 23 heavy (non-hydrogen) atoms. The largest absolute Gasteiger partial charge is 0.416 e. The van der Waals surface area contributed by atoms with Gasteiger partial charge in [0.15, 0.2) is 0 Å². The van der Waals surface area contributed by atoms with Gasteiger partial charge in [0, 0.05) is 10.2 Å². The van der Waals surface area contributed by atoms with Crippen molar-refractivity contribution in [3.8, 4) is 0 Å². The highest BCUT2D eigenvalue weighted by atomic mass is 79.9. The lowest BCUT2D eigenvalue weighted by molar-refractivity contribution is -0.137. The molecule has 0 fully saturated rings. The Labute approximate surface area is 144 Å². The predicted octanol–water partition coefficient (Wildman–Crippen LogP) is 5.34. The second-order valence-corrected chi connectivity index (χ2v) is 6.56. The molecule has 0 heterocycles. The molecular formula is C16H13BrF3NOS. The van der Waals surface area contributed by atoms with E-state index in [1.54, 1.807) is 6.07 Å². The van der Waals surface area contributed by atoms with Gasteiger partial charge in [-0.1, -0.05) is 24.3 Å². The first-order valence-electron chi connectivity index (χ1n) is 6.64. The van der Waals surface area contributed by atoms with E-state index < -0.39 is 11.7 Å². The number of para-hydroxylation sites is 1. The molecule has 0 spiro atoms. The molecule has 0 aliphatic carbocycles. The molecule has 0 bridgehead atoms. The van der Waals surface area contributed by atoms with Crippen molar-refractivity contribution >= 4 is 39.3 Å². The molecule has 0 unspecified atom stereocenters. The van der Waals surface area contributed by atoms with Gasteiger partial charge in [-0.3, -0.25) is 4.79 Å². The molecule has 2 nitrogen and oxygen atoms in total. The molecule has 0 aromatic heterocycles. The Balaban J connectivity index is 1.81. The summed E-state index contributed by atoms with van der Waals surface area (Å²) < 4.78 is 38.2. The van der Waals surface area contributed by atoms with E-state index in [1.165, 1.54) is 23.9 Å². The minimum absolute atomic E-state index is 0.159. The molecule has 122 valence electrons. The Hall–Kier alpha value is -1.47. The number of alkyl halides is 3. The summed E-state index contributed by atoms with van der Waals surface area (Å²) in [5, 5.41) is 2.77. The minimum atomic E-state index is -4.32. The van der Waals surface area contributed by atoms with Gasteiger partial charge in [-0.05, 0) is 45.8 Å². The maximum atomic E-state index is 12.5. The van der Waals surface area contributed by atoms with E-state index in [-0.39, 0.29) is 11.7 Å². The van der Waals surface area contributed by atoms with Crippen molar-refractivity contribution in [1.29, 1.82) is 0 Å². The van der Waals surface area contributed by atoms with Crippen LogP contribution in [0, 0.1) is 0 Å². The fourth-order valence-electron chi connectivity index (χ4n) is 1.80. The van der Waals surface area contributed by atoms with Gasteiger partial charge >= 0.3 is 6.18 Å². The molecule has 2 aromatic rings. The third-order valence-corrected chi connectivity index (χ3v) is 4.63. The number of thioether (sulfide) groups is 1. The molecule has 2 aromatic carbocycles. The van der Waals surface area contributed by atoms with E-state index in [0.717, 1.165) is 22.2 Å². The number of carbonyl (C=O) groups excluding carboxylic acids is 1. The van der Waals surface area contributed by atoms with Crippen molar-refractivity contribution < 1.29 is 18.0 Å². The highest BCUT2D eigenvalue weighted by Crippen LogP contribution is 2.29. The molecular weight excluding hydrogens is 391 g/mol. The van der Waals surface area contributed by atoms with Crippen molar-refractivity contribution in [2.24, 2.45) is 0 Å². The second kappa shape index (κ2) is 7.88. The number of hydrogen-bond donors (Lipinski definition) is 1. The van der Waals surface area contributed by atoms with Crippen LogP contribution in [0.15, 0.2) is 53.0 Å². The lowest BCUT2D eigenvalue weighted by Crippen LogP contribution is -2.14. The fraction of sp³-hybridized carbons (Fsp3) is 0.188. The molecule has 0 atom stereocenters. The third kappa shape index (κ3) is 5.58. The number of anilines is 1. The van der Waals surface area contributed by atoms with Crippen molar-refractivity contribution in [2.45, 2.75) is 11.9 Å². The normalized spacial score (nSPS) is 11.3. The average Bonchev–Trinajstić information content (AvgIpc) is 2.49. The summed E-state index contributed by atoms with van der Waals surface area (Å²) in [4.78, 5) is 11.8. The number of hydrogen-bond acceptors (Lipinski definition) is 2. The SMILES string of the molecule is O=C(CSCc1ccc(C(F)(F)F)cc1)Nc1ccccc1Br. The summed E-state index contributed by atoms with van der Waals surface area (Å²) in [7, 11) is 0. The molecule has 2 rings (SSSR count). The maximum Gasteiger partial charge on any atom is 0.416 e. The highest BCUT2D eigenvalue weighted by molar-refractivity contribution is 9.10. The Morgan fingerprint density at radius 3 is 2.35 bits per heavy atom. The zero-order chi connectivity index (χ0) is 16.9. The smallest absolute Gasteiger partial charge is 0.324 e. The van der Waals surface area contributed by atoms with Crippen LogP contribution in [0.1, 0.15) is 11.1 Å². The van der Waals surface area contributed by atoms with E-state index in [4.69, 9.17) is 0 Å². The Kier molecular flexibility index (Phi) is 6.12. The van der Waals surface area contributed by atoms with Crippen molar-refractivity contribution in [3.05, 3.63) is 64.1 Å². The number of benzene rings is 2. The minimum Gasteiger partial charge on any atom is -0.324 e. The van der Waals surface area contributed by atoms with Gasteiger partial charge in [0.1, 0.15) is 0 Å². The topological polar surface area (TPSA) is 29.1 Å². The molecule has 0 aliphatic rings. The van der Waals surface area contributed by atoms with Gasteiger partial charge in [-0.15, -0.1) is 11.8 Å². The number of rotatable bonds is 5. The fourth-order valence-corrected chi connectivity index (χ4v) is 2.97.